The van der Waals surface area contributed by atoms with Gasteiger partial charge in [-0.2, -0.15) is 0 Å². The number of piperazine rings is 1. The van der Waals surface area contributed by atoms with Gasteiger partial charge in [0.15, 0.2) is 0 Å². The monoisotopic (exact) mass is 376 g/mol. The summed E-state index contributed by atoms with van der Waals surface area (Å²) in [6.07, 6.45) is 0. The Morgan fingerprint density at radius 1 is 1.11 bits per heavy atom. The van der Waals surface area contributed by atoms with Crippen molar-refractivity contribution in [3.05, 3.63) is 52.7 Å². The Morgan fingerprint density at radius 3 is 2.41 bits per heavy atom. The topological polar surface area (TPSA) is 55.2 Å². The molecule has 1 fully saturated rings. The van der Waals surface area contributed by atoms with Crippen molar-refractivity contribution in [2.45, 2.75) is 20.0 Å². The number of aryl methyl sites for hydroxylation is 1. The summed E-state index contributed by atoms with van der Waals surface area (Å²) in [5.74, 6) is 1.41. The first-order chi connectivity index (χ1) is 13.0. The van der Waals surface area contributed by atoms with Crippen LogP contribution in [0.1, 0.15) is 27.4 Å². The van der Waals surface area contributed by atoms with Gasteiger partial charge in [-0.05, 0) is 31.2 Å². The van der Waals surface area contributed by atoms with Crippen LogP contribution in [0, 0.1) is 12.7 Å². The van der Waals surface area contributed by atoms with Gasteiger partial charge in [-0.1, -0.05) is 0 Å². The van der Waals surface area contributed by atoms with Gasteiger partial charge in [0, 0.05) is 38.3 Å². The normalized spacial score (nSPS) is 15.7. The predicted molar refractivity (Wildman–Crippen MR) is 98.3 cm³/mol. The van der Waals surface area contributed by atoms with E-state index in [1.807, 2.05) is 0 Å². The smallest absolute Gasteiger partial charge is 0.341 e. The van der Waals surface area contributed by atoms with Crippen LogP contribution in [0.4, 0.5) is 4.39 Å². The fourth-order valence-electron chi connectivity index (χ4n) is 3.37. The van der Waals surface area contributed by atoms with Crippen molar-refractivity contribution in [2.24, 2.45) is 0 Å². The summed E-state index contributed by atoms with van der Waals surface area (Å²) in [5.41, 5.74) is 1.33. The second-order valence-electron chi connectivity index (χ2n) is 6.68. The Labute approximate surface area is 158 Å². The van der Waals surface area contributed by atoms with Crippen LogP contribution in [0.5, 0.6) is 5.75 Å². The first-order valence-corrected chi connectivity index (χ1v) is 8.95. The van der Waals surface area contributed by atoms with Crippen molar-refractivity contribution < 1.29 is 23.1 Å². The van der Waals surface area contributed by atoms with Gasteiger partial charge in [0.05, 0.1) is 20.8 Å². The lowest BCUT2D eigenvalue weighted by atomic mass is 10.1. The fraction of sp³-hybridized carbons (Fsp3) is 0.450. The SMILES string of the molecule is COC(=O)c1cc(CN2CCN(Cc3cc(F)ccc3OC)CC2)oc1C. The predicted octanol–water partition coefficient (Wildman–Crippen LogP) is 2.84. The summed E-state index contributed by atoms with van der Waals surface area (Å²) >= 11 is 0. The number of ether oxygens (including phenoxy) is 2. The molecule has 0 radical (unpaired) electrons. The van der Waals surface area contributed by atoms with Crippen LogP contribution < -0.4 is 4.74 Å². The standard InChI is InChI=1S/C20H25FN2O4/c1-14-18(20(24)26-3)11-17(27-14)13-23-8-6-22(7-9-23)12-15-10-16(21)4-5-19(15)25-2/h4-5,10-11H,6-9,12-13H2,1-3H3. The average molecular weight is 376 g/mol. The summed E-state index contributed by atoms with van der Waals surface area (Å²) in [7, 11) is 2.96. The largest absolute Gasteiger partial charge is 0.496 e. The molecular formula is C20H25FN2O4. The second-order valence-corrected chi connectivity index (χ2v) is 6.68. The van der Waals surface area contributed by atoms with Gasteiger partial charge in [0.1, 0.15) is 28.7 Å². The first-order valence-electron chi connectivity index (χ1n) is 8.95. The number of benzene rings is 1. The molecule has 6 nitrogen and oxygen atoms in total. The highest BCUT2D eigenvalue weighted by atomic mass is 19.1. The number of carbonyl (C=O) groups excluding carboxylic acids is 1. The molecule has 146 valence electrons. The maximum absolute atomic E-state index is 13.5. The number of nitrogens with zero attached hydrogens (tertiary/aromatic N) is 2. The number of hydrogen-bond donors (Lipinski definition) is 0. The lowest BCUT2D eigenvalue weighted by Gasteiger charge is -2.34. The minimum atomic E-state index is -0.378. The Morgan fingerprint density at radius 2 is 1.78 bits per heavy atom. The van der Waals surface area contributed by atoms with Crippen molar-refractivity contribution in [1.29, 1.82) is 0 Å². The van der Waals surface area contributed by atoms with E-state index in [1.165, 1.54) is 19.2 Å². The number of methoxy groups -OCH3 is 2. The third-order valence-corrected chi connectivity index (χ3v) is 4.85. The van der Waals surface area contributed by atoms with E-state index < -0.39 is 0 Å². The molecule has 1 saturated heterocycles. The molecular weight excluding hydrogens is 351 g/mol. The third-order valence-electron chi connectivity index (χ3n) is 4.85. The van der Waals surface area contributed by atoms with Crippen LogP contribution >= 0.6 is 0 Å². The lowest BCUT2D eigenvalue weighted by molar-refractivity contribution is 0.0599. The van der Waals surface area contributed by atoms with E-state index in [-0.39, 0.29) is 11.8 Å². The maximum Gasteiger partial charge on any atom is 0.341 e. The molecule has 27 heavy (non-hydrogen) atoms. The zero-order chi connectivity index (χ0) is 19.4. The zero-order valence-corrected chi connectivity index (χ0v) is 16.0. The van der Waals surface area contributed by atoms with Crippen molar-refractivity contribution >= 4 is 5.97 Å². The number of hydrogen-bond acceptors (Lipinski definition) is 6. The summed E-state index contributed by atoms with van der Waals surface area (Å²) in [6.45, 7) is 6.53. The molecule has 1 aliphatic heterocycles. The van der Waals surface area contributed by atoms with E-state index >= 15 is 0 Å². The zero-order valence-electron chi connectivity index (χ0n) is 16.0. The van der Waals surface area contributed by atoms with Crippen LogP contribution in [0.2, 0.25) is 0 Å². The van der Waals surface area contributed by atoms with Crippen LogP contribution in [-0.2, 0) is 17.8 Å². The fourth-order valence-corrected chi connectivity index (χ4v) is 3.37. The molecule has 0 N–H and O–H groups in total. The van der Waals surface area contributed by atoms with Crippen molar-refractivity contribution in [2.75, 3.05) is 40.4 Å². The average Bonchev–Trinajstić information content (AvgIpc) is 3.03. The molecule has 7 heteroatoms. The van der Waals surface area contributed by atoms with Crippen LogP contribution in [-0.4, -0.2) is 56.2 Å². The minimum Gasteiger partial charge on any atom is -0.496 e. The number of halogens is 1. The highest BCUT2D eigenvalue weighted by Crippen LogP contribution is 2.22. The van der Waals surface area contributed by atoms with Gasteiger partial charge in [-0.3, -0.25) is 9.80 Å². The molecule has 0 amide bonds. The molecule has 1 aliphatic rings. The highest BCUT2D eigenvalue weighted by molar-refractivity contribution is 5.90. The minimum absolute atomic E-state index is 0.251. The number of rotatable bonds is 6. The molecule has 0 bridgehead atoms. The molecule has 0 spiro atoms. The Kier molecular flexibility index (Phi) is 6.13. The van der Waals surface area contributed by atoms with Gasteiger partial charge in [-0.25, -0.2) is 9.18 Å². The van der Waals surface area contributed by atoms with E-state index in [4.69, 9.17) is 13.9 Å². The van der Waals surface area contributed by atoms with E-state index in [1.54, 1.807) is 26.2 Å². The molecule has 1 aromatic carbocycles. The number of carbonyl (C=O) groups is 1. The van der Waals surface area contributed by atoms with E-state index in [9.17, 15) is 9.18 Å². The van der Waals surface area contributed by atoms with Gasteiger partial charge in [0.25, 0.3) is 0 Å². The summed E-state index contributed by atoms with van der Waals surface area (Å²) in [6, 6.07) is 6.36. The van der Waals surface area contributed by atoms with Gasteiger partial charge in [0.2, 0.25) is 0 Å². The van der Waals surface area contributed by atoms with Crippen molar-refractivity contribution in [3.63, 3.8) is 0 Å². The summed E-state index contributed by atoms with van der Waals surface area (Å²) < 4.78 is 29.3. The van der Waals surface area contributed by atoms with Gasteiger partial charge in [-0.15, -0.1) is 0 Å². The van der Waals surface area contributed by atoms with E-state index in [0.717, 1.165) is 37.5 Å². The van der Waals surface area contributed by atoms with Gasteiger partial charge < -0.3 is 13.9 Å². The molecule has 0 unspecified atom stereocenters. The maximum atomic E-state index is 13.5. The summed E-state index contributed by atoms with van der Waals surface area (Å²) in [4.78, 5) is 16.2. The molecule has 1 aromatic heterocycles. The van der Waals surface area contributed by atoms with Crippen LogP contribution in [0.15, 0.2) is 28.7 Å². The van der Waals surface area contributed by atoms with Crippen molar-refractivity contribution in [1.82, 2.24) is 9.80 Å². The highest BCUT2D eigenvalue weighted by Gasteiger charge is 2.21. The molecule has 0 aliphatic carbocycles. The van der Waals surface area contributed by atoms with Crippen LogP contribution in [0.3, 0.4) is 0 Å². The van der Waals surface area contributed by atoms with E-state index in [2.05, 4.69) is 9.80 Å². The Hall–Kier alpha value is -2.38. The molecule has 2 heterocycles. The number of furan rings is 1. The van der Waals surface area contributed by atoms with E-state index in [0.29, 0.717) is 30.2 Å². The first kappa shape index (κ1) is 19.4. The van der Waals surface area contributed by atoms with Gasteiger partial charge >= 0.3 is 5.97 Å². The number of esters is 1. The van der Waals surface area contributed by atoms with Crippen LogP contribution in [0.25, 0.3) is 0 Å². The Bertz CT molecular complexity index is 797. The quantitative estimate of drug-likeness (QED) is 0.723. The summed E-state index contributed by atoms with van der Waals surface area (Å²) in [5, 5.41) is 0. The lowest BCUT2D eigenvalue weighted by Crippen LogP contribution is -2.45. The molecule has 2 aromatic rings. The Balaban J connectivity index is 1.55. The van der Waals surface area contributed by atoms with Crippen molar-refractivity contribution in [3.8, 4) is 5.75 Å². The molecule has 0 saturated carbocycles. The molecule has 3 rings (SSSR count). The second kappa shape index (κ2) is 8.54. The molecule has 0 atom stereocenters. The third kappa shape index (κ3) is 4.67.